The average molecular weight is 316 g/mol. The molecule has 3 nitrogen and oxygen atoms in total. The van der Waals surface area contributed by atoms with Crippen molar-refractivity contribution in [1.29, 1.82) is 0 Å². The number of fused-ring (bicyclic) bond motifs is 1. The molecular formula is C18H24N2OS. The predicted octanol–water partition coefficient (Wildman–Crippen LogP) is 3.78. The Hall–Kier alpha value is -1.68. The lowest BCUT2D eigenvalue weighted by molar-refractivity contribution is 0.207. The number of carbonyl (C=O) groups is 1. The topological polar surface area (TPSA) is 32.3 Å². The molecule has 0 spiro atoms. The molecule has 0 aliphatic heterocycles. The van der Waals surface area contributed by atoms with Crippen molar-refractivity contribution in [3.8, 4) is 0 Å². The van der Waals surface area contributed by atoms with E-state index < -0.39 is 0 Å². The average Bonchev–Trinajstić information content (AvgIpc) is 2.52. The van der Waals surface area contributed by atoms with Crippen LogP contribution in [0.5, 0.6) is 0 Å². The zero-order chi connectivity index (χ0) is 15.9. The summed E-state index contributed by atoms with van der Waals surface area (Å²) in [6, 6.07) is 14.9. The molecule has 0 bridgehead atoms. The summed E-state index contributed by atoms with van der Waals surface area (Å²) in [5, 5.41) is 5.54. The largest absolute Gasteiger partial charge is 0.335 e. The summed E-state index contributed by atoms with van der Waals surface area (Å²) in [5.41, 5.74) is 1.29. The number of likely N-dealkylation sites (N-methyl/N-ethyl adjacent to an activating group) is 1. The molecule has 2 aromatic carbocycles. The molecule has 4 heteroatoms. The maximum absolute atomic E-state index is 12.1. The Morgan fingerprint density at radius 2 is 1.95 bits per heavy atom. The number of urea groups is 1. The second-order valence-electron chi connectivity index (χ2n) is 5.62. The van der Waals surface area contributed by atoms with Gasteiger partial charge in [0.1, 0.15) is 0 Å². The van der Waals surface area contributed by atoms with Crippen molar-refractivity contribution in [3.63, 3.8) is 0 Å². The van der Waals surface area contributed by atoms with Crippen molar-refractivity contribution < 1.29 is 4.79 Å². The fraction of sp³-hybridized carbons (Fsp3) is 0.389. The van der Waals surface area contributed by atoms with Crippen LogP contribution in [-0.4, -0.2) is 42.6 Å². The molecule has 0 unspecified atom stereocenters. The molecule has 0 heterocycles. The monoisotopic (exact) mass is 316 g/mol. The van der Waals surface area contributed by atoms with Crippen molar-refractivity contribution in [2.24, 2.45) is 0 Å². The molecule has 2 aromatic rings. The minimum Gasteiger partial charge on any atom is -0.335 e. The highest BCUT2D eigenvalue weighted by Crippen LogP contribution is 2.19. The van der Waals surface area contributed by atoms with E-state index in [0.29, 0.717) is 6.54 Å². The Kier molecular flexibility index (Phi) is 6.13. The van der Waals surface area contributed by atoms with Crippen LogP contribution in [0.25, 0.3) is 10.8 Å². The van der Waals surface area contributed by atoms with Crippen LogP contribution in [0.15, 0.2) is 42.5 Å². The molecule has 0 aliphatic rings. The Bertz CT molecular complexity index is 624. The van der Waals surface area contributed by atoms with E-state index >= 15 is 0 Å². The van der Waals surface area contributed by atoms with Crippen LogP contribution in [0, 0.1) is 0 Å². The van der Waals surface area contributed by atoms with Gasteiger partial charge in [-0.3, -0.25) is 0 Å². The third-order valence-electron chi connectivity index (χ3n) is 3.73. The molecule has 1 N–H and O–H groups in total. The van der Waals surface area contributed by atoms with Gasteiger partial charge in [0.15, 0.2) is 0 Å². The molecule has 0 aromatic heterocycles. The van der Waals surface area contributed by atoms with Crippen molar-refractivity contribution in [2.75, 3.05) is 25.6 Å². The third-order valence-corrected chi connectivity index (χ3v) is 4.56. The van der Waals surface area contributed by atoms with Crippen LogP contribution in [0.4, 0.5) is 4.79 Å². The van der Waals surface area contributed by atoms with Gasteiger partial charge in [-0.05, 0) is 35.9 Å². The summed E-state index contributed by atoms with van der Waals surface area (Å²) in [5.74, 6) is 0.933. The molecule has 0 fully saturated rings. The van der Waals surface area contributed by atoms with Crippen molar-refractivity contribution in [2.45, 2.75) is 19.4 Å². The maximum atomic E-state index is 12.1. The Morgan fingerprint density at radius 1 is 1.23 bits per heavy atom. The van der Waals surface area contributed by atoms with Crippen LogP contribution < -0.4 is 5.32 Å². The van der Waals surface area contributed by atoms with Crippen molar-refractivity contribution in [1.82, 2.24) is 10.2 Å². The number of nitrogens with zero attached hydrogens (tertiary/aromatic N) is 1. The summed E-state index contributed by atoms with van der Waals surface area (Å²) in [4.78, 5) is 13.9. The van der Waals surface area contributed by atoms with Gasteiger partial charge in [0.2, 0.25) is 0 Å². The van der Waals surface area contributed by atoms with Gasteiger partial charge in [-0.2, -0.15) is 11.8 Å². The number of hydrogen-bond donors (Lipinski definition) is 1. The quantitative estimate of drug-likeness (QED) is 0.880. The number of nitrogens with one attached hydrogen (secondary N) is 1. The summed E-state index contributed by atoms with van der Waals surface area (Å²) in [6.07, 6.45) is 2.91. The number of rotatable bonds is 6. The van der Waals surface area contributed by atoms with E-state index in [4.69, 9.17) is 0 Å². The molecule has 118 valence electrons. The van der Waals surface area contributed by atoms with Gasteiger partial charge in [-0.15, -0.1) is 0 Å². The maximum Gasteiger partial charge on any atom is 0.317 e. The van der Waals surface area contributed by atoms with Crippen molar-refractivity contribution in [3.05, 3.63) is 48.0 Å². The van der Waals surface area contributed by atoms with Gasteiger partial charge in [0.05, 0.1) is 0 Å². The molecule has 0 aliphatic carbocycles. The van der Waals surface area contributed by atoms with E-state index in [2.05, 4.69) is 47.8 Å². The molecule has 2 amide bonds. The number of amides is 2. The van der Waals surface area contributed by atoms with Crippen LogP contribution in [0.1, 0.15) is 12.5 Å². The number of hydrogen-bond acceptors (Lipinski definition) is 2. The van der Waals surface area contributed by atoms with Gasteiger partial charge in [-0.25, -0.2) is 4.79 Å². The first-order chi connectivity index (χ1) is 10.6. The second-order valence-corrected chi connectivity index (χ2v) is 6.53. The highest BCUT2D eigenvalue weighted by Gasteiger charge is 2.12. The molecule has 22 heavy (non-hydrogen) atoms. The second kappa shape index (κ2) is 8.08. The normalized spacial score (nSPS) is 12.1. The van der Waals surface area contributed by atoms with E-state index in [1.54, 1.807) is 16.7 Å². The van der Waals surface area contributed by atoms with Gasteiger partial charge in [0.25, 0.3) is 0 Å². The first kappa shape index (κ1) is 16.7. The van der Waals surface area contributed by atoms with Gasteiger partial charge < -0.3 is 10.2 Å². The smallest absolute Gasteiger partial charge is 0.317 e. The van der Waals surface area contributed by atoms with E-state index in [1.165, 1.54) is 16.3 Å². The van der Waals surface area contributed by atoms with E-state index in [1.807, 2.05) is 20.2 Å². The summed E-state index contributed by atoms with van der Waals surface area (Å²) < 4.78 is 0. The van der Waals surface area contributed by atoms with Crippen LogP contribution in [-0.2, 0) is 6.42 Å². The lowest BCUT2D eigenvalue weighted by Gasteiger charge is -2.21. The zero-order valence-electron chi connectivity index (χ0n) is 13.5. The standard InChI is InChI=1S/C18H24N2OS/c1-14(13-22-3)19-18(21)20(2)12-11-16-9-6-8-15-7-4-5-10-17(15)16/h4-10,14H,11-13H2,1-3H3,(H,19,21)/t14-/m0/s1. The van der Waals surface area contributed by atoms with Gasteiger partial charge in [-0.1, -0.05) is 42.5 Å². The summed E-state index contributed by atoms with van der Waals surface area (Å²) in [7, 11) is 1.85. The fourth-order valence-corrected chi connectivity index (χ4v) is 3.10. The van der Waals surface area contributed by atoms with Crippen LogP contribution in [0.3, 0.4) is 0 Å². The minimum atomic E-state index is 0.00165. The first-order valence-electron chi connectivity index (χ1n) is 7.59. The SMILES string of the molecule is CSC[C@H](C)NC(=O)N(C)CCc1cccc2ccccc12. The van der Waals surface area contributed by atoms with E-state index in [0.717, 1.165) is 12.2 Å². The van der Waals surface area contributed by atoms with Gasteiger partial charge in [0, 0.05) is 25.4 Å². The number of carbonyl (C=O) groups excluding carboxylic acids is 1. The highest BCUT2D eigenvalue weighted by atomic mass is 32.2. The number of thioether (sulfide) groups is 1. The Balaban J connectivity index is 1.95. The van der Waals surface area contributed by atoms with Crippen molar-refractivity contribution >= 4 is 28.6 Å². The van der Waals surface area contributed by atoms with E-state index in [-0.39, 0.29) is 12.1 Å². The summed E-state index contributed by atoms with van der Waals surface area (Å²) in [6.45, 7) is 2.75. The Labute approximate surface area is 137 Å². The van der Waals surface area contributed by atoms with Gasteiger partial charge >= 0.3 is 6.03 Å². The number of benzene rings is 2. The fourth-order valence-electron chi connectivity index (χ4n) is 2.51. The molecule has 1 atom stereocenters. The predicted molar refractivity (Wildman–Crippen MR) is 96.7 cm³/mol. The molecular weight excluding hydrogens is 292 g/mol. The third kappa shape index (κ3) is 4.41. The summed E-state index contributed by atoms with van der Waals surface area (Å²) >= 11 is 1.74. The Morgan fingerprint density at radius 3 is 2.73 bits per heavy atom. The molecule has 2 rings (SSSR count). The van der Waals surface area contributed by atoms with Crippen LogP contribution >= 0.6 is 11.8 Å². The first-order valence-corrected chi connectivity index (χ1v) is 8.98. The minimum absolute atomic E-state index is 0.00165. The molecule has 0 saturated heterocycles. The lowest BCUT2D eigenvalue weighted by atomic mass is 10.0. The zero-order valence-corrected chi connectivity index (χ0v) is 14.3. The molecule has 0 radical (unpaired) electrons. The molecule has 0 saturated carbocycles. The van der Waals surface area contributed by atoms with E-state index in [9.17, 15) is 4.79 Å². The highest BCUT2D eigenvalue weighted by molar-refractivity contribution is 7.98. The lowest BCUT2D eigenvalue weighted by Crippen LogP contribution is -2.43. The van der Waals surface area contributed by atoms with Crippen LogP contribution in [0.2, 0.25) is 0 Å².